The van der Waals surface area contributed by atoms with E-state index in [1.54, 1.807) is 0 Å². The first kappa shape index (κ1) is 7.99. The molecule has 0 aliphatic carbocycles. The molecule has 0 saturated carbocycles. The fourth-order valence-electron chi connectivity index (χ4n) is 1.45. The molecule has 1 aliphatic rings. The van der Waals surface area contributed by atoms with Crippen molar-refractivity contribution in [2.24, 2.45) is 5.92 Å². The maximum absolute atomic E-state index is 13.2. The minimum Gasteiger partial charge on any atom is -0.311 e. The SMILES string of the molecule is CC(C)C(F)C1CCCN1. The van der Waals surface area contributed by atoms with Gasteiger partial charge in [-0.25, -0.2) is 4.39 Å². The number of hydrogen-bond acceptors (Lipinski definition) is 1. The van der Waals surface area contributed by atoms with E-state index in [1.165, 1.54) is 0 Å². The van der Waals surface area contributed by atoms with E-state index in [2.05, 4.69) is 5.32 Å². The molecule has 10 heavy (non-hydrogen) atoms. The molecule has 60 valence electrons. The van der Waals surface area contributed by atoms with Crippen LogP contribution in [0.3, 0.4) is 0 Å². The quantitative estimate of drug-likeness (QED) is 0.624. The van der Waals surface area contributed by atoms with Crippen LogP contribution in [0.5, 0.6) is 0 Å². The Kier molecular flexibility index (Phi) is 2.66. The molecule has 1 aliphatic heterocycles. The molecule has 0 bridgehead atoms. The molecule has 0 radical (unpaired) electrons. The minimum absolute atomic E-state index is 0.139. The normalized spacial score (nSPS) is 29.4. The lowest BCUT2D eigenvalue weighted by atomic mass is 10.0. The zero-order chi connectivity index (χ0) is 7.56. The van der Waals surface area contributed by atoms with E-state index >= 15 is 0 Å². The van der Waals surface area contributed by atoms with Crippen molar-refractivity contribution in [3.05, 3.63) is 0 Å². The number of alkyl halides is 1. The Hall–Kier alpha value is -0.110. The number of nitrogens with one attached hydrogen (secondary N) is 1. The summed E-state index contributed by atoms with van der Waals surface area (Å²) in [7, 11) is 0. The lowest BCUT2D eigenvalue weighted by molar-refractivity contribution is 0.201. The van der Waals surface area contributed by atoms with E-state index < -0.39 is 6.17 Å². The number of halogens is 1. The largest absolute Gasteiger partial charge is 0.311 e. The van der Waals surface area contributed by atoms with E-state index in [0.29, 0.717) is 0 Å². The second kappa shape index (κ2) is 3.33. The predicted molar refractivity (Wildman–Crippen MR) is 40.8 cm³/mol. The Labute approximate surface area is 62.0 Å². The van der Waals surface area contributed by atoms with Gasteiger partial charge < -0.3 is 5.32 Å². The summed E-state index contributed by atoms with van der Waals surface area (Å²) >= 11 is 0. The fraction of sp³-hybridized carbons (Fsp3) is 1.00. The van der Waals surface area contributed by atoms with Crippen molar-refractivity contribution in [3.8, 4) is 0 Å². The first-order chi connectivity index (χ1) is 4.72. The summed E-state index contributed by atoms with van der Waals surface area (Å²) in [4.78, 5) is 0. The Morgan fingerprint density at radius 2 is 2.20 bits per heavy atom. The van der Waals surface area contributed by atoms with Crippen LogP contribution in [0.2, 0.25) is 0 Å². The monoisotopic (exact) mass is 145 g/mol. The highest BCUT2D eigenvalue weighted by Gasteiger charge is 2.26. The number of hydrogen-bond donors (Lipinski definition) is 1. The van der Waals surface area contributed by atoms with Gasteiger partial charge in [-0.2, -0.15) is 0 Å². The van der Waals surface area contributed by atoms with Crippen LogP contribution in [-0.4, -0.2) is 18.8 Å². The van der Waals surface area contributed by atoms with Crippen molar-refractivity contribution in [3.63, 3.8) is 0 Å². The maximum Gasteiger partial charge on any atom is 0.118 e. The highest BCUT2D eigenvalue weighted by molar-refractivity contribution is 4.82. The molecule has 0 spiro atoms. The van der Waals surface area contributed by atoms with Crippen LogP contribution in [-0.2, 0) is 0 Å². The summed E-state index contributed by atoms with van der Waals surface area (Å²) < 4.78 is 13.2. The maximum atomic E-state index is 13.2. The van der Waals surface area contributed by atoms with Crippen molar-refractivity contribution in [2.45, 2.75) is 38.9 Å². The van der Waals surface area contributed by atoms with Crippen molar-refractivity contribution in [1.82, 2.24) is 5.32 Å². The van der Waals surface area contributed by atoms with Gasteiger partial charge in [-0.15, -0.1) is 0 Å². The van der Waals surface area contributed by atoms with Crippen molar-refractivity contribution in [1.29, 1.82) is 0 Å². The zero-order valence-electron chi connectivity index (χ0n) is 6.73. The Balaban J connectivity index is 2.32. The summed E-state index contributed by atoms with van der Waals surface area (Å²) in [6.45, 7) is 4.87. The third-order valence-corrected chi connectivity index (χ3v) is 2.12. The van der Waals surface area contributed by atoms with Crippen molar-refractivity contribution in [2.75, 3.05) is 6.54 Å². The summed E-state index contributed by atoms with van der Waals surface area (Å²) in [5.41, 5.74) is 0. The van der Waals surface area contributed by atoms with Gasteiger partial charge in [-0.1, -0.05) is 13.8 Å². The Bertz CT molecular complexity index is 97.4. The smallest absolute Gasteiger partial charge is 0.118 e. The molecule has 1 rings (SSSR count). The standard InChI is InChI=1S/C8H16FN/c1-6(2)8(9)7-4-3-5-10-7/h6-8,10H,3-5H2,1-2H3. The second-order valence-corrected chi connectivity index (χ2v) is 3.39. The molecule has 0 amide bonds. The molecule has 1 fully saturated rings. The van der Waals surface area contributed by atoms with E-state index in [-0.39, 0.29) is 12.0 Å². The molecule has 1 saturated heterocycles. The van der Waals surface area contributed by atoms with Crippen LogP contribution < -0.4 is 5.32 Å². The summed E-state index contributed by atoms with van der Waals surface area (Å²) in [6.07, 6.45) is 1.50. The van der Waals surface area contributed by atoms with Gasteiger partial charge in [0.2, 0.25) is 0 Å². The van der Waals surface area contributed by atoms with Gasteiger partial charge in [-0.3, -0.25) is 0 Å². The Morgan fingerprint density at radius 1 is 1.50 bits per heavy atom. The fourth-order valence-corrected chi connectivity index (χ4v) is 1.45. The van der Waals surface area contributed by atoms with Crippen LogP contribution in [0.1, 0.15) is 26.7 Å². The molecule has 2 atom stereocenters. The van der Waals surface area contributed by atoms with Gasteiger partial charge in [0, 0.05) is 6.04 Å². The van der Waals surface area contributed by atoms with Gasteiger partial charge in [-0.05, 0) is 25.3 Å². The molecule has 2 heteroatoms. The van der Waals surface area contributed by atoms with E-state index in [4.69, 9.17) is 0 Å². The van der Waals surface area contributed by atoms with Crippen LogP contribution in [0.4, 0.5) is 4.39 Å². The molecular weight excluding hydrogens is 129 g/mol. The van der Waals surface area contributed by atoms with Crippen LogP contribution in [0.15, 0.2) is 0 Å². The average molecular weight is 145 g/mol. The lowest BCUT2D eigenvalue weighted by Gasteiger charge is -2.18. The molecule has 1 nitrogen and oxygen atoms in total. The molecular formula is C8H16FN. The topological polar surface area (TPSA) is 12.0 Å². The summed E-state index contributed by atoms with van der Waals surface area (Å²) in [6, 6.07) is 0.139. The Morgan fingerprint density at radius 3 is 2.60 bits per heavy atom. The average Bonchev–Trinajstić information content (AvgIpc) is 2.36. The van der Waals surface area contributed by atoms with Crippen LogP contribution in [0.25, 0.3) is 0 Å². The first-order valence-corrected chi connectivity index (χ1v) is 4.09. The summed E-state index contributed by atoms with van der Waals surface area (Å²) in [5, 5.41) is 3.16. The highest BCUT2D eigenvalue weighted by atomic mass is 19.1. The molecule has 2 unspecified atom stereocenters. The molecule has 0 aromatic heterocycles. The van der Waals surface area contributed by atoms with E-state index in [1.807, 2.05) is 13.8 Å². The second-order valence-electron chi connectivity index (χ2n) is 3.39. The van der Waals surface area contributed by atoms with Gasteiger partial charge in [0.1, 0.15) is 6.17 Å². The molecule has 0 aromatic rings. The lowest BCUT2D eigenvalue weighted by Crippen LogP contribution is -2.34. The van der Waals surface area contributed by atoms with Gasteiger partial charge >= 0.3 is 0 Å². The third kappa shape index (κ3) is 1.69. The third-order valence-electron chi connectivity index (χ3n) is 2.12. The predicted octanol–water partition coefficient (Wildman–Crippen LogP) is 1.73. The van der Waals surface area contributed by atoms with Crippen LogP contribution in [0, 0.1) is 5.92 Å². The van der Waals surface area contributed by atoms with E-state index in [9.17, 15) is 4.39 Å². The minimum atomic E-state index is -0.650. The molecule has 0 aromatic carbocycles. The van der Waals surface area contributed by atoms with Gasteiger partial charge in [0.15, 0.2) is 0 Å². The van der Waals surface area contributed by atoms with Gasteiger partial charge in [0.05, 0.1) is 0 Å². The highest BCUT2D eigenvalue weighted by Crippen LogP contribution is 2.17. The van der Waals surface area contributed by atoms with Crippen LogP contribution >= 0.6 is 0 Å². The summed E-state index contributed by atoms with van der Waals surface area (Å²) in [5.74, 6) is 0.163. The molecule has 1 heterocycles. The molecule has 1 N–H and O–H groups in total. The van der Waals surface area contributed by atoms with Crippen molar-refractivity contribution < 1.29 is 4.39 Å². The van der Waals surface area contributed by atoms with Crippen molar-refractivity contribution >= 4 is 0 Å². The zero-order valence-corrected chi connectivity index (χ0v) is 6.73. The first-order valence-electron chi connectivity index (χ1n) is 4.09. The van der Waals surface area contributed by atoms with E-state index in [0.717, 1.165) is 19.4 Å². The van der Waals surface area contributed by atoms with Gasteiger partial charge in [0.25, 0.3) is 0 Å². The number of rotatable bonds is 2.